The minimum atomic E-state index is 0.424. The van der Waals surface area contributed by atoms with Gasteiger partial charge in [0.2, 0.25) is 0 Å². The van der Waals surface area contributed by atoms with E-state index in [1.807, 2.05) is 0 Å². The topological polar surface area (TPSA) is 29.3 Å². The predicted molar refractivity (Wildman–Crippen MR) is 60.6 cm³/mol. The number of nitrogens with zero attached hydrogens (tertiary/aromatic N) is 1. The Morgan fingerprint density at radius 1 is 1.21 bits per heavy atom. The van der Waals surface area contributed by atoms with Crippen LogP contribution < -0.4 is 10.6 Å². The fraction of sp³-hybridized carbons (Fsp3) is 0.500. The Hall–Kier alpha value is -1.02. The lowest BCUT2D eigenvalue weighted by Crippen LogP contribution is -2.49. The van der Waals surface area contributed by atoms with Gasteiger partial charge < -0.3 is 10.6 Å². The number of hydrogen-bond acceptors (Lipinski definition) is 2. The van der Waals surface area contributed by atoms with Crippen LogP contribution in [0.1, 0.15) is 18.4 Å². The van der Waals surface area contributed by atoms with Gasteiger partial charge in [-0.3, -0.25) is 0 Å². The first-order valence-corrected chi connectivity index (χ1v) is 5.22. The molecule has 2 N–H and O–H groups in total. The quantitative estimate of drug-likeness (QED) is 0.772. The second kappa shape index (κ2) is 3.62. The van der Waals surface area contributed by atoms with Crippen molar-refractivity contribution < 1.29 is 0 Å². The van der Waals surface area contributed by atoms with Crippen LogP contribution in [0.2, 0.25) is 0 Å². The number of rotatable bonds is 2. The van der Waals surface area contributed by atoms with Crippen molar-refractivity contribution in [1.82, 2.24) is 0 Å². The summed E-state index contributed by atoms with van der Waals surface area (Å²) >= 11 is 0. The average molecular weight is 190 g/mol. The highest BCUT2D eigenvalue weighted by atomic mass is 15.1. The molecule has 1 saturated carbocycles. The van der Waals surface area contributed by atoms with Crippen LogP contribution in [0.5, 0.6) is 0 Å². The molecule has 1 fully saturated rings. The van der Waals surface area contributed by atoms with Crippen molar-refractivity contribution >= 4 is 5.69 Å². The molecule has 1 aliphatic rings. The van der Waals surface area contributed by atoms with Gasteiger partial charge in [0.1, 0.15) is 0 Å². The molecule has 1 aliphatic carbocycles. The average Bonchev–Trinajstić information content (AvgIpc) is 2.13. The van der Waals surface area contributed by atoms with E-state index in [0.29, 0.717) is 12.1 Å². The lowest BCUT2D eigenvalue weighted by Gasteiger charge is -2.40. The van der Waals surface area contributed by atoms with E-state index in [9.17, 15) is 0 Å². The molecule has 76 valence electrons. The summed E-state index contributed by atoms with van der Waals surface area (Å²) in [6, 6.07) is 9.74. The van der Waals surface area contributed by atoms with Gasteiger partial charge in [-0.1, -0.05) is 17.7 Å². The van der Waals surface area contributed by atoms with E-state index < -0.39 is 0 Å². The third-order valence-corrected chi connectivity index (χ3v) is 3.14. The molecule has 0 bridgehead atoms. The van der Waals surface area contributed by atoms with Crippen LogP contribution in [0.15, 0.2) is 24.3 Å². The summed E-state index contributed by atoms with van der Waals surface area (Å²) in [5.41, 5.74) is 8.39. The summed E-state index contributed by atoms with van der Waals surface area (Å²) in [4.78, 5) is 2.34. The van der Waals surface area contributed by atoms with Crippen LogP contribution in [0.3, 0.4) is 0 Å². The minimum absolute atomic E-state index is 0.424. The maximum absolute atomic E-state index is 5.78. The van der Waals surface area contributed by atoms with Crippen LogP contribution in [-0.4, -0.2) is 19.1 Å². The largest absolute Gasteiger partial charge is 0.371 e. The predicted octanol–water partition coefficient (Wildman–Crippen LogP) is 1.92. The molecular formula is C12H18N2. The lowest BCUT2D eigenvalue weighted by atomic mass is 9.86. The first-order valence-electron chi connectivity index (χ1n) is 5.22. The molecule has 1 aromatic rings. The van der Waals surface area contributed by atoms with E-state index in [0.717, 1.165) is 12.8 Å². The fourth-order valence-corrected chi connectivity index (χ4v) is 1.94. The van der Waals surface area contributed by atoms with Gasteiger partial charge in [0.15, 0.2) is 0 Å². The summed E-state index contributed by atoms with van der Waals surface area (Å²) in [6.45, 7) is 2.11. The van der Waals surface area contributed by atoms with Crippen LogP contribution >= 0.6 is 0 Å². The van der Waals surface area contributed by atoms with Crippen molar-refractivity contribution in [3.05, 3.63) is 29.8 Å². The number of nitrogens with two attached hydrogens (primary N) is 1. The van der Waals surface area contributed by atoms with Crippen molar-refractivity contribution in [1.29, 1.82) is 0 Å². The van der Waals surface area contributed by atoms with Gasteiger partial charge >= 0.3 is 0 Å². The van der Waals surface area contributed by atoms with Gasteiger partial charge in [0.05, 0.1) is 0 Å². The lowest BCUT2D eigenvalue weighted by molar-refractivity contribution is 0.340. The molecule has 2 rings (SSSR count). The second-order valence-corrected chi connectivity index (χ2v) is 4.33. The molecule has 1 aromatic carbocycles. The number of anilines is 1. The Morgan fingerprint density at radius 2 is 1.79 bits per heavy atom. The summed E-state index contributed by atoms with van der Waals surface area (Å²) in [5.74, 6) is 0. The Balaban J connectivity index is 2.04. The van der Waals surface area contributed by atoms with E-state index in [1.165, 1.54) is 11.3 Å². The molecule has 0 heterocycles. The molecular weight excluding hydrogens is 172 g/mol. The summed E-state index contributed by atoms with van der Waals surface area (Å²) in [6.07, 6.45) is 2.26. The molecule has 0 saturated heterocycles. The van der Waals surface area contributed by atoms with Crippen LogP contribution in [0, 0.1) is 6.92 Å². The molecule has 0 aliphatic heterocycles. The maximum Gasteiger partial charge on any atom is 0.0366 e. The number of benzene rings is 1. The highest BCUT2D eigenvalue weighted by molar-refractivity contribution is 5.48. The molecule has 2 nitrogen and oxygen atoms in total. The van der Waals surface area contributed by atoms with Gasteiger partial charge in [-0.2, -0.15) is 0 Å². The zero-order chi connectivity index (χ0) is 10.1. The van der Waals surface area contributed by atoms with Crippen LogP contribution in [-0.2, 0) is 0 Å². The molecule has 0 amide bonds. The zero-order valence-electron chi connectivity index (χ0n) is 8.90. The van der Waals surface area contributed by atoms with E-state index in [-0.39, 0.29) is 0 Å². The Kier molecular flexibility index (Phi) is 2.46. The first kappa shape index (κ1) is 9.53. The van der Waals surface area contributed by atoms with Crippen molar-refractivity contribution in [2.24, 2.45) is 5.73 Å². The Bertz CT molecular complexity index is 299. The number of hydrogen-bond donors (Lipinski definition) is 1. The smallest absolute Gasteiger partial charge is 0.0366 e. The highest BCUT2D eigenvalue weighted by Gasteiger charge is 2.29. The molecule has 0 unspecified atom stereocenters. The minimum Gasteiger partial charge on any atom is -0.371 e. The first-order chi connectivity index (χ1) is 6.66. The van der Waals surface area contributed by atoms with Crippen molar-refractivity contribution in [2.75, 3.05) is 11.9 Å². The molecule has 14 heavy (non-hydrogen) atoms. The van der Waals surface area contributed by atoms with Crippen LogP contribution in [0.25, 0.3) is 0 Å². The fourth-order valence-electron chi connectivity index (χ4n) is 1.94. The molecule has 0 atom stereocenters. The third kappa shape index (κ3) is 1.75. The number of aryl methyl sites for hydroxylation is 1. The van der Waals surface area contributed by atoms with E-state index >= 15 is 0 Å². The van der Waals surface area contributed by atoms with Gasteiger partial charge in [-0.25, -0.2) is 0 Å². The van der Waals surface area contributed by atoms with Gasteiger partial charge in [0.25, 0.3) is 0 Å². The Labute approximate surface area is 85.7 Å². The molecule has 2 heteroatoms. The van der Waals surface area contributed by atoms with Crippen molar-refractivity contribution in [3.63, 3.8) is 0 Å². The van der Waals surface area contributed by atoms with Gasteiger partial charge in [0, 0.05) is 24.8 Å². The monoisotopic (exact) mass is 190 g/mol. The molecule has 0 aromatic heterocycles. The SMILES string of the molecule is Cc1ccc(N(C)C2CC(N)C2)cc1. The van der Waals surface area contributed by atoms with Crippen molar-refractivity contribution in [2.45, 2.75) is 31.8 Å². The van der Waals surface area contributed by atoms with E-state index in [4.69, 9.17) is 5.73 Å². The molecule has 0 spiro atoms. The van der Waals surface area contributed by atoms with Gasteiger partial charge in [-0.05, 0) is 31.9 Å². The summed E-state index contributed by atoms with van der Waals surface area (Å²) in [5, 5.41) is 0. The standard InChI is InChI=1S/C12H18N2/c1-9-3-5-11(6-4-9)14(2)12-7-10(13)8-12/h3-6,10,12H,7-8,13H2,1-2H3. The Morgan fingerprint density at radius 3 is 2.29 bits per heavy atom. The second-order valence-electron chi connectivity index (χ2n) is 4.33. The summed E-state index contributed by atoms with van der Waals surface area (Å²) in [7, 11) is 2.15. The van der Waals surface area contributed by atoms with Gasteiger partial charge in [-0.15, -0.1) is 0 Å². The normalized spacial score (nSPS) is 25.6. The highest BCUT2D eigenvalue weighted by Crippen LogP contribution is 2.27. The third-order valence-electron chi connectivity index (χ3n) is 3.14. The van der Waals surface area contributed by atoms with Crippen LogP contribution in [0.4, 0.5) is 5.69 Å². The maximum atomic E-state index is 5.78. The van der Waals surface area contributed by atoms with E-state index in [1.54, 1.807) is 0 Å². The molecule has 0 radical (unpaired) electrons. The van der Waals surface area contributed by atoms with Crippen molar-refractivity contribution in [3.8, 4) is 0 Å². The zero-order valence-corrected chi connectivity index (χ0v) is 8.90. The van der Waals surface area contributed by atoms with E-state index in [2.05, 4.69) is 43.1 Å². The summed E-state index contributed by atoms with van der Waals surface area (Å²) < 4.78 is 0.